The van der Waals surface area contributed by atoms with Crippen LogP contribution in [0.2, 0.25) is 0 Å². The lowest BCUT2D eigenvalue weighted by Crippen LogP contribution is -2.30. The Morgan fingerprint density at radius 2 is 1.94 bits per heavy atom. The van der Waals surface area contributed by atoms with Crippen LogP contribution in [0.3, 0.4) is 0 Å². The first-order valence-corrected chi connectivity index (χ1v) is 6.00. The summed E-state index contributed by atoms with van der Waals surface area (Å²) < 4.78 is 0. The maximum atomic E-state index is 9.99. The van der Waals surface area contributed by atoms with Crippen LogP contribution in [0.4, 0.5) is 0 Å². The Hall–Kier alpha value is -0.860. The minimum Gasteiger partial charge on any atom is -0.314 e. The predicted octanol–water partition coefficient (Wildman–Crippen LogP) is 3.28. The number of hydroxylamine groups is 2. The van der Waals surface area contributed by atoms with E-state index in [9.17, 15) is 5.21 Å². The molecular weight excluding hydrogens is 198 g/mol. The molecule has 2 atom stereocenters. The SMILES string of the molecule is CC(c1ccccc1)C1CC(C)(C)CN1O. The highest BCUT2D eigenvalue weighted by atomic mass is 16.5. The van der Waals surface area contributed by atoms with Crippen molar-refractivity contribution < 1.29 is 5.21 Å². The first kappa shape index (κ1) is 11.6. The third-order valence-corrected chi connectivity index (χ3v) is 3.64. The molecule has 0 radical (unpaired) electrons. The van der Waals surface area contributed by atoms with Gasteiger partial charge in [-0.2, -0.15) is 5.06 Å². The highest BCUT2D eigenvalue weighted by Crippen LogP contribution is 2.38. The van der Waals surface area contributed by atoms with Gasteiger partial charge < -0.3 is 5.21 Å². The number of benzene rings is 1. The average Bonchev–Trinajstić information content (AvgIpc) is 2.52. The molecule has 1 aliphatic heterocycles. The molecule has 1 aromatic rings. The van der Waals surface area contributed by atoms with Gasteiger partial charge in [0.1, 0.15) is 0 Å². The Morgan fingerprint density at radius 1 is 1.31 bits per heavy atom. The first-order valence-electron chi connectivity index (χ1n) is 6.00. The predicted molar refractivity (Wildman–Crippen MR) is 65.5 cm³/mol. The van der Waals surface area contributed by atoms with Gasteiger partial charge in [-0.05, 0) is 23.3 Å². The summed E-state index contributed by atoms with van der Waals surface area (Å²) in [6.45, 7) is 7.40. The minimum absolute atomic E-state index is 0.225. The highest BCUT2D eigenvalue weighted by Gasteiger charge is 2.39. The van der Waals surface area contributed by atoms with Crippen LogP contribution in [0.25, 0.3) is 0 Å². The molecule has 1 saturated heterocycles. The molecule has 0 amide bonds. The van der Waals surface area contributed by atoms with Gasteiger partial charge in [-0.25, -0.2) is 0 Å². The Bertz CT molecular complexity index is 347. The molecule has 0 spiro atoms. The first-order chi connectivity index (χ1) is 7.49. The summed E-state index contributed by atoms with van der Waals surface area (Å²) in [5, 5.41) is 11.5. The quantitative estimate of drug-likeness (QED) is 0.825. The molecule has 1 fully saturated rings. The third-order valence-electron chi connectivity index (χ3n) is 3.64. The molecule has 88 valence electrons. The van der Waals surface area contributed by atoms with E-state index in [0.29, 0.717) is 5.92 Å². The van der Waals surface area contributed by atoms with Gasteiger partial charge in [-0.3, -0.25) is 0 Å². The molecular formula is C14H21NO. The van der Waals surface area contributed by atoms with E-state index >= 15 is 0 Å². The molecule has 2 heteroatoms. The van der Waals surface area contributed by atoms with Crippen LogP contribution in [-0.2, 0) is 0 Å². The van der Waals surface area contributed by atoms with Gasteiger partial charge in [-0.1, -0.05) is 51.1 Å². The molecule has 2 nitrogen and oxygen atoms in total. The van der Waals surface area contributed by atoms with Crippen molar-refractivity contribution in [1.29, 1.82) is 0 Å². The normalized spacial score (nSPS) is 26.9. The van der Waals surface area contributed by atoms with E-state index in [1.807, 2.05) is 6.07 Å². The van der Waals surface area contributed by atoms with Crippen molar-refractivity contribution in [1.82, 2.24) is 5.06 Å². The lowest BCUT2D eigenvalue weighted by Gasteiger charge is -2.24. The van der Waals surface area contributed by atoms with Crippen molar-refractivity contribution in [3.63, 3.8) is 0 Å². The van der Waals surface area contributed by atoms with E-state index in [1.165, 1.54) is 10.6 Å². The zero-order valence-corrected chi connectivity index (χ0v) is 10.4. The Kier molecular flexibility index (Phi) is 3.04. The molecule has 0 aliphatic carbocycles. The fourth-order valence-electron chi connectivity index (χ4n) is 2.71. The number of nitrogens with zero attached hydrogens (tertiary/aromatic N) is 1. The maximum Gasteiger partial charge on any atom is 0.0421 e. The van der Waals surface area contributed by atoms with Gasteiger partial charge in [0.25, 0.3) is 0 Å². The molecule has 1 N–H and O–H groups in total. The highest BCUT2D eigenvalue weighted by molar-refractivity contribution is 5.21. The van der Waals surface area contributed by atoms with Gasteiger partial charge in [0.15, 0.2) is 0 Å². The molecule has 2 rings (SSSR count). The Morgan fingerprint density at radius 3 is 2.44 bits per heavy atom. The van der Waals surface area contributed by atoms with Crippen LogP contribution in [0.15, 0.2) is 30.3 Å². The van der Waals surface area contributed by atoms with Crippen LogP contribution >= 0.6 is 0 Å². The monoisotopic (exact) mass is 219 g/mol. The second-order valence-electron chi connectivity index (χ2n) is 5.73. The largest absolute Gasteiger partial charge is 0.314 e. The standard InChI is InChI=1S/C14H21NO/c1-11(12-7-5-4-6-8-12)13-9-14(2,3)10-15(13)16/h4-8,11,13,16H,9-10H2,1-3H3. The minimum atomic E-state index is 0.225. The smallest absolute Gasteiger partial charge is 0.0421 e. The van der Waals surface area contributed by atoms with Crippen molar-refractivity contribution >= 4 is 0 Å². The van der Waals surface area contributed by atoms with Crippen LogP contribution in [-0.4, -0.2) is 22.9 Å². The van der Waals surface area contributed by atoms with Gasteiger partial charge in [0.05, 0.1) is 0 Å². The lowest BCUT2D eigenvalue weighted by molar-refractivity contribution is -0.112. The van der Waals surface area contributed by atoms with Gasteiger partial charge in [-0.15, -0.1) is 0 Å². The Labute approximate surface area is 97.9 Å². The van der Waals surface area contributed by atoms with Gasteiger partial charge in [0.2, 0.25) is 0 Å². The zero-order chi connectivity index (χ0) is 11.8. The van der Waals surface area contributed by atoms with Crippen molar-refractivity contribution in [2.24, 2.45) is 5.41 Å². The molecule has 0 aromatic heterocycles. The van der Waals surface area contributed by atoms with Gasteiger partial charge in [0, 0.05) is 12.6 Å². The van der Waals surface area contributed by atoms with Crippen LogP contribution in [0.5, 0.6) is 0 Å². The zero-order valence-electron chi connectivity index (χ0n) is 10.4. The third kappa shape index (κ3) is 2.28. The van der Waals surface area contributed by atoms with E-state index in [-0.39, 0.29) is 11.5 Å². The van der Waals surface area contributed by atoms with Crippen molar-refractivity contribution in [2.45, 2.75) is 39.2 Å². The molecule has 1 heterocycles. The second kappa shape index (κ2) is 4.19. The summed E-state index contributed by atoms with van der Waals surface area (Å²) in [7, 11) is 0. The van der Waals surface area contributed by atoms with E-state index < -0.39 is 0 Å². The summed E-state index contributed by atoms with van der Waals surface area (Å²) in [6, 6.07) is 10.7. The molecule has 1 aliphatic rings. The fourth-order valence-corrected chi connectivity index (χ4v) is 2.71. The molecule has 0 saturated carbocycles. The number of rotatable bonds is 2. The van der Waals surface area contributed by atoms with E-state index in [1.54, 1.807) is 0 Å². The fraction of sp³-hybridized carbons (Fsp3) is 0.571. The number of hydrogen-bond acceptors (Lipinski definition) is 2. The second-order valence-corrected chi connectivity index (χ2v) is 5.73. The van der Waals surface area contributed by atoms with Crippen molar-refractivity contribution in [3.8, 4) is 0 Å². The lowest BCUT2D eigenvalue weighted by atomic mass is 9.84. The topological polar surface area (TPSA) is 23.5 Å². The molecule has 1 aromatic carbocycles. The van der Waals surface area contributed by atoms with Crippen LogP contribution in [0.1, 0.15) is 38.7 Å². The summed E-state index contributed by atoms with van der Waals surface area (Å²) in [5.41, 5.74) is 1.53. The number of hydrogen-bond donors (Lipinski definition) is 1. The molecule has 0 bridgehead atoms. The Balaban J connectivity index is 2.14. The average molecular weight is 219 g/mol. The van der Waals surface area contributed by atoms with Crippen LogP contribution < -0.4 is 0 Å². The van der Waals surface area contributed by atoms with E-state index in [4.69, 9.17) is 0 Å². The van der Waals surface area contributed by atoms with Crippen molar-refractivity contribution in [2.75, 3.05) is 6.54 Å². The summed E-state index contributed by atoms with van der Waals surface area (Å²) in [4.78, 5) is 0. The summed E-state index contributed by atoms with van der Waals surface area (Å²) in [5.74, 6) is 0.382. The molecule has 2 unspecified atom stereocenters. The van der Waals surface area contributed by atoms with E-state index in [0.717, 1.165) is 13.0 Å². The summed E-state index contributed by atoms with van der Waals surface area (Å²) in [6.07, 6.45) is 1.06. The van der Waals surface area contributed by atoms with E-state index in [2.05, 4.69) is 45.0 Å². The van der Waals surface area contributed by atoms with Crippen molar-refractivity contribution in [3.05, 3.63) is 35.9 Å². The molecule has 16 heavy (non-hydrogen) atoms. The maximum absolute atomic E-state index is 9.99. The summed E-state index contributed by atoms with van der Waals surface area (Å²) >= 11 is 0. The van der Waals surface area contributed by atoms with Crippen LogP contribution in [0, 0.1) is 5.41 Å². The van der Waals surface area contributed by atoms with Gasteiger partial charge >= 0.3 is 0 Å².